The molecule has 4 rings (SSSR count). The molecule has 0 saturated carbocycles. The van der Waals surface area contributed by atoms with E-state index >= 15 is 0 Å². The lowest BCUT2D eigenvalue weighted by Crippen LogP contribution is -2.46. The van der Waals surface area contributed by atoms with Gasteiger partial charge in [-0.2, -0.15) is 9.97 Å². The molecule has 1 aliphatic rings. The first kappa shape index (κ1) is 20.9. The Morgan fingerprint density at radius 3 is 2.48 bits per heavy atom. The van der Waals surface area contributed by atoms with Gasteiger partial charge in [0.25, 0.3) is 0 Å². The third-order valence-electron chi connectivity index (χ3n) is 5.31. The molecule has 0 atom stereocenters. The van der Waals surface area contributed by atoms with Crippen molar-refractivity contribution in [1.82, 2.24) is 19.9 Å². The van der Waals surface area contributed by atoms with Gasteiger partial charge in [-0.05, 0) is 29.8 Å². The summed E-state index contributed by atoms with van der Waals surface area (Å²) in [5.41, 5.74) is 2.22. The maximum atomic E-state index is 5.33. The zero-order valence-electron chi connectivity index (χ0n) is 18.3. The molecule has 1 N–H and O–H groups in total. The zero-order valence-corrected chi connectivity index (χ0v) is 18.3. The normalized spacial score (nSPS) is 14.4. The fourth-order valence-corrected chi connectivity index (χ4v) is 3.56. The summed E-state index contributed by atoms with van der Waals surface area (Å²) in [6, 6.07) is 13.9. The summed E-state index contributed by atoms with van der Waals surface area (Å²) < 4.78 is 5.33. The van der Waals surface area contributed by atoms with Crippen LogP contribution in [0.15, 0.2) is 54.9 Å². The highest BCUT2D eigenvalue weighted by atomic mass is 16.5. The number of aromatic nitrogens is 3. The number of rotatable bonds is 7. The molecule has 1 aliphatic heterocycles. The van der Waals surface area contributed by atoms with Crippen LogP contribution < -0.4 is 19.9 Å². The Balaban J connectivity index is 1.47. The second-order valence-electron chi connectivity index (χ2n) is 7.78. The van der Waals surface area contributed by atoms with E-state index in [0.29, 0.717) is 0 Å². The molecule has 2 aromatic heterocycles. The Labute approximate surface area is 183 Å². The van der Waals surface area contributed by atoms with E-state index in [4.69, 9.17) is 14.7 Å². The Morgan fingerprint density at radius 1 is 1.00 bits per heavy atom. The lowest BCUT2D eigenvalue weighted by Gasteiger charge is -2.35. The van der Waals surface area contributed by atoms with E-state index in [1.54, 1.807) is 7.11 Å². The Morgan fingerprint density at radius 2 is 1.77 bits per heavy atom. The molecule has 1 fully saturated rings. The minimum absolute atomic E-state index is 0.750. The predicted molar refractivity (Wildman–Crippen MR) is 124 cm³/mol. The van der Waals surface area contributed by atoms with E-state index < -0.39 is 0 Å². The van der Waals surface area contributed by atoms with Crippen molar-refractivity contribution in [2.24, 2.45) is 0 Å². The van der Waals surface area contributed by atoms with Crippen LogP contribution >= 0.6 is 0 Å². The van der Waals surface area contributed by atoms with Gasteiger partial charge in [0.05, 0.1) is 7.11 Å². The molecule has 162 valence electrons. The van der Waals surface area contributed by atoms with Crippen molar-refractivity contribution in [3.63, 3.8) is 0 Å². The molecule has 3 aromatic rings. The third kappa shape index (κ3) is 5.40. The van der Waals surface area contributed by atoms with E-state index in [-0.39, 0.29) is 0 Å². The van der Waals surface area contributed by atoms with Crippen molar-refractivity contribution < 1.29 is 4.74 Å². The second-order valence-corrected chi connectivity index (χ2v) is 7.78. The number of benzene rings is 1. The Hall–Kier alpha value is -3.39. The fourth-order valence-electron chi connectivity index (χ4n) is 3.56. The van der Waals surface area contributed by atoms with Crippen LogP contribution in [-0.4, -0.2) is 67.2 Å². The van der Waals surface area contributed by atoms with Crippen LogP contribution in [-0.2, 0) is 6.54 Å². The van der Waals surface area contributed by atoms with Gasteiger partial charge in [0.2, 0.25) is 5.95 Å². The van der Waals surface area contributed by atoms with Crippen molar-refractivity contribution in [2.45, 2.75) is 6.54 Å². The van der Waals surface area contributed by atoms with Crippen LogP contribution in [0.3, 0.4) is 0 Å². The Kier molecular flexibility index (Phi) is 6.47. The van der Waals surface area contributed by atoms with Gasteiger partial charge in [0.15, 0.2) is 0 Å². The van der Waals surface area contributed by atoms with E-state index in [2.05, 4.69) is 32.2 Å². The summed E-state index contributed by atoms with van der Waals surface area (Å²) in [5, 5.41) is 3.39. The van der Waals surface area contributed by atoms with Gasteiger partial charge in [-0.3, -0.25) is 9.88 Å². The van der Waals surface area contributed by atoms with E-state index in [0.717, 1.165) is 61.7 Å². The number of pyridine rings is 1. The molecule has 31 heavy (non-hydrogen) atoms. The first-order valence-corrected chi connectivity index (χ1v) is 10.4. The number of ether oxygens (including phenoxy) is 1. The summed E-state index contributed by atoms with van der Waals surface area (Å²) in [4.78, 5) is 20.4. The van der Waals surface area contributed by atoms with Crippen molar-refractivity contribution in [1.29, 1.82) is 0 Å². The van der Waals surface area contributed by atoms with Gasteiger partial charge in [-0.25, -0.2) is 0 Å². The number of piperazine rings is 1. The van der Waals surface area contributed by atoms with Crippen molar-refractivity contribution in [3.8, 4) is 5.75 Å². The minimum atomic E-state index is 0.750. The number of methoxy groups -OCH3 is 1. The topological polar surface area (TPSA) is 69.7 Å². The number of hydrogen-bond donors (Lipinski definition) is 1. The first-order valence-electron chi connectivity index (χ1n) is 10.4. The monoisotopic (exact) mass is 419 g/mol. The summed E-state index contributed by atoms with van der Waals surface area (Å²) in [6.07, 6.45) is 3.70. The number of nitrogens with one attached hydrogen (secondary N) is 1. The number of hydrogen-bond acceptors (Lipinski definition) is 8. The molecule has 8 nitrogen and oxygen atoms in total. The summed E-state index contributed by atoms with van der Waals surface area (Å²) in [6.45, 7) is 4.66. The van der Waals surface area contributed by atoms with Gasteiger partial charge in [-0.1, -0.05) is 6.07 Å². The van der Waals surface area contributed by atoms with Crippen LogP contribution in [0.5, 0.6) is 5.75 Å². The van der Waals surface area contributed by atoms with E-state index in [9.17, 15) is 0 Å². The minimum Gasteiger partial charge on any atom is -0.497 e. The van der Waals surface area contributed by atoms with Crippen molar-refractivity contribution >= 4 is 23.3 Å². The van der Waals surface area contributed by atoms with Crippen LogP contribution in [0.2, 0.25) is 0 Å². The first-order chi connectivity index (χ1) is 15.1. The lowest BCUT2D eigenvalue weighted by atomic mass is 10.2. The molecule has 0 bridgehead atoms. The highest BCUT2D eigenvalue weighted by Gasteiger charge is 2.20. The molecule has 0 unspecified atom stereocenters. The maximum absolute atomic E-state index is 5.33. The Bertz CT molecular complexity index is 988. The zero-order chi connectivity index (χ0) is 21.6. The van der Waals surface area contributed by atoms with Gasteiger partial charge in [0, 0.05) is 77.0 Å². The molecular weight excluding hydrogens is 390 g/mol. The van der Waals surface area contributed by atoms with Crippen LogP contribution in [0.25, 0.3) is 0 Å². The highest BCUT2D eigenvalue weighted by Crippen LogP contribution is 2.25. The smallest absolute Gasteiger partial charge is 0.229 e. The number of nitrogens with zero attached hydrogens (tertiary/aromatic N) is 6. The molecule has 0 amide bonds. The fraction of sp³-hybridized carbons (Fsp3) is 0.348. The average molecular weight is 420 g/mol. The molecule has 1 aromatic carbocycles. The standard InChI is InChI=1S/C23H29N7O/c1-28(2)22-16-21(25-19-5-4-6-20(15-19)31-3)26-23(27-22)30-13-11-29(12-14-30)17-18-7-9-24-10-8-18/h4-10,15-16H,11-14,17H2,1-3H3,(H,25,26,27). The number of anilines is 4. The molecule has 8 heteroatoms. The second kappa shape index (κ2) is 9.61. The SMILES string of the molecule is COc1cccc(Nc2cc(N(C)C)nc(N3CCN(Cc4ccncc4)CC3)n2)c1. The van der Waals surface area contributed by atoms with E-state index in [1.165, 1.54) is 5.56 Å². The largest absolute Gasteiger partial charge is 0.497 e. The molecular formula is C23H29N7O. The van der Waals surface area contributed by atoms with Crippen LogP contribution in [0, 0.1) is 0 Å². The maximum Gasteiger partial charge on any atom is 0.229 e. The molecule has 0 radical (unpaired) electrons. The van der Waals surface area contributed by atoms with Crippen LogP contribution in [0.1, 0.15) is 5.56 Å². The lowest BCUT2D eigenvalue weighted by molar-refractivity contribution is 0.248. The average Bonchev–Trinajstić information content (AvgIpc) is 2.80. The summed E-state index contributed by atoms with van der Waals surface area (Å²) >= 11 is 0. The van der Waals surface area contributed by atoms with Gasteiger partial charge in [0.1, 0.15) is 17.4 Å². The molecule has 0 spiro atoms. The highest BCUT2D eigenvalue weighted by molar-refractivity contribution is 5.63. The van der Waals surface area contributed by atoms with Gasteiger partial charge in [-0.15, -0.1) is 0 Å². The van der Waals surface area contributed by atoms with Crippen LogP contribution in [0.4, 0.5) is 23.3 Å². The molecule has 1 saturated heterocycles. The summed E-state index contributed by atoms with van der Waals surface area (Å²) in [5.74, 6) is 3.19. The molecule has 0 aliphatic carbocycles. The quantitative estimate of drug-likeness (QED) is 0.627. The predicted octanol–water partition coefficient (Wildman–Crippen LogP) is 3.01. The van der Waals surface area contributed by atoms with Crippen molar-refractivity contribution in [3.05, 3.63) is 60.4 Å². The van der Waals surface area contributed by atoms with Crippen molar-refractivity contribution in [2.75, 3.05) is 62.5 Å². The third-order valence-corrected chi connectivity index (χ3v) is 5.31. The van der Waals surface area contributed by atoms with E-state index in [1.807, 2.05) is 61.7 Å². The van der Waals surface area contributed by atoms with Gasteiger partial charge >= 0.3 is 0 Å². The molecule has 3 heterocycles. The summed E-state index contributed by atoms with van der Waals surface area (Å²) in [7, 11) is 5.66. The van der Waals surface area contributed by atoms with Gasteiger partial charge < -0.3 is 19.9 Å².